The van der Waals surface area contributed by atoms with Gasteiger partial charge in [0.1, 0.15) is 0 Å². The van der Waals surface area contributed by atoms with Gasteiger partial charge >= 0.3 is 0 Å². The Labute approximate surface area is 72.0 Å². The number of rotatable bonds is 2. The third-order valence-electron chi connectivity index (χ3n) is 1.23. The van der Waals surface area contributed by atoms with E-state index in [1.807, 2.05) is 30.0 Å². The molecule has 1 nitrogen and oxygen atoms in total. The molecule has 1 aromatic carbocycles. The summed E-state index contributed by atoms with van der Waals surface area (Å²) in [5.41, 5.74) is 6.46. The summed E-state index contributed by atoms with van der Waals surface area (Å²) in [7, 11) is 0. The number of hydrogen-bond donors (Lipinski definition) is 1. The first-order valence-corrected chi connectivity index (χ1v) is 4.58. The molecule has 0 heterocycles. The van der Waals surface area contributed by atoms with Crippen molar-refractivity contribution in [3.8, 4) is 0 Å². The van der Waals surface area contributed by atoms with E-state index in [-0.39, 0.29) is 0 Å². The molecule has 0 aliphatic heterocycles. The molecule has 0 saturated heterocycles. The van der Waals surface area contributed by atoms with Crippen LogP contribution in [-0.2, 0) is 0 Å². The van der Waals surface area contributed by atoms with Crippen LogP contribution in [0.5, 0.6) is 0 Å². The molecule has 2 N–H and O–H groups in total. The maximum absolute atomic E-state index is 5.62. The summed E-state index contributed by atoms with van der Waals surface area (Å²) >= 11 is 1.83. The molecule has 0 aromatic heterocycles. The summed E-state index contributed by atoms with van der Waals surface area (Å²) in [4.78, 5) is 1.25. The number of anilines is 1. The van der Waals surface area contributed by atoms with E-state index in [0.29, 0.717) is 5.25 Å². The molecule has 60 valence electrons. The molecule has 1 aromatic rings. The average molecular weight is 167 g/mol. The van der Waals surface area contributed by atoms with E-state index in [2.05, 4.69) is 19.9 Å². The van der Waals surface area contributed by atoms with Crippen molar-refractivity contribution in [3.63, 3.8) is 0 Å². The summed E-state index contributed by atoms with van der Waals surface area (Å²) in [6, 6.07) is 7.98. The van der Waals surface area contributed by atoms with Crippen LogP contribution in [0.1, 0.15) is 13.8 Å². The number of nitrogens with two attached hydrogens (primary N) is 1. The lowest BCUT2D eigenvalue weighted by Gasteiger charge is -2.04. The highest BCUT2D eigenvalue weighted by molar-refractivity contribution is 7.99. The summed E-state index contributed by atoms with van der Waals surface area (Å²) in [5.74, 6) is 0. The van der Waals surface area contributed by atoms with E-state index in [1.165, 1.54) is 4.90 Å². The highest BCUT2D eigenvalue weighted by atomic mass is 32.2. The Morgan fingerprint density at radius 2 is 2.09 bits per heavy atom. The zero-order valence-corrected chi connectivity index (χ0v) is 7.69. The Morgan fingerprint density at radius 3 is 2.64 bits per heavy atom. The van der Waals surface area contributed by atoms with E-state index < -0.39 is 0 Å². The zero-order valence-electron chi connectivity index (χ0n) is 6.87. The van der Waals surface area contributed by atoms with Crippen molar-refractivity contribution in [2.24, 2.45) is 0 Å². The van der Waals surface area contributed by atoms with Crippen molar-refractivity contribution in [2.75, 3.05) is 5.73 Å². The predicted octanol–water partition coefficient (Wildman–Crippen LogP) is 2.77. The SMILES string of the molecule is CC(C)Sc1cccc(N)c1. The fourth-order valence-corrected chi connectivity index (χ4v) is 1.77. The predicted molar refractivity (Wildman–Crippen MR) is 51.8 cm³/mol. The number of thioether (sulfide) groups is 1. The molecule has 2 heteroatoms. The van der Waals surface area contributed by atoms with Crippen LogP contribution in [0.25, 0.3) is 0 Å². The molecule has 0 spiro atoms. The van der Waals surface area contributed by atoms with Crippen LogP contribution in [0.3, 0.4) is 0 Å². The lowest BCUT2D eigenvalue weighted by molar-refractivity contribution is 1.11. The first kappa shape index (κ1) is 8.47. The van der Waals surface area contributed by atoms with Gasteiger partial charge in [0.15, 0.2) is 0 Å². The molecule has 0 amide bonds. The van der Waals surface area contributed by atoms with Crippen molar-refractivity contribution in [3.05, 3.63) is 24.3 Å². The number of hydrogen-bond acceptors (Lipinski definition) is 2. The van der Waals surface area contributed by atoms with Gasteiger partial charge in [-0.1, -0.05) is 19.9 Å². The van der Waals surface area contributed by atoms with Crippen molar-refractivity contribution < 1.29 is 0 Å². The van der Waals surface area contributed by atoms with Crippen molar-refractivity contribution >= 4 is 17.4 Å². The van der Waals surface area contributed by atoms with E-state index in [9.17, 15) is 0 Å². The maximum atomic E-state index is 5.62. The number of benzene rings is 1. The molecule has 0 atom stereocenters. The van der Waals surface area contributed by atoms with Gasteiger partial charge in [0.05, 0.1) is 0 Å². The van der Waals surface area contributed by atoms with Gasteiger partial charge in [-0.05, 0) is 18.2 Å². The Kier molecular flexibility index (Phi) is 2.83. The number of nitrogen functional groups attached to an aromatic ring is 1. The Morgan fingerprint density at radius 1 is 1.36 bits per heavy atom. The molecule has 0 radical (unpaired) electrons. The summed E-state index contributed by atoms with van der Waals surface area (Å²) in [5, 5.41) is 0.622. The zero-order chi connectivity index (χ0) is 8.27. The van der Waals surface area contributed by atoms with Gasteiger partial charge in [-0.2, -0.15) is 0 Å². The van der Waals surface area contributed by atoms with Gasteiger partial charge in [0, 0.05) is 15.8 Å². The van der Waals surface area contributed by atoms with Crippen molar-refractivity contribution in [1.82, 2.24) is 0 Å². The first-order chi connectivity index (χ1) is 5.18. The van der Waals surface area contributed by atoms with E-state index >= 15 is 0 Å². The summed E-state index contributed by atoms with van der Waals surface area (Å²) in [6.45, 7) is 4.35. The molecule has 1 rings (SSSR count). The standard InChI is InChI=1S/C9H13NS/c1-7(2)11-9-5-3-4-8(10)6-9/h3-7H,10H2,1-2H3. The highest BCUT2D eigenvalue weighted by Gasteiger charge is 1.96. The monoisotopic (exact) mass is 167 g/mol. The smallest absolute Gasteiger partial charge is 0.0325 e. The molecule has 11 heavy (non-hydrogen) atoms. The van der Waals surface area contributed by atoms with Crippen LogP contribution < -0.4 is 5.73 Å². The third kappa shape index (κ3) is 2.85. The highest BCUT2D eigenvalue weighted by Crippen LogP contribution is 2.23. The normalized spacial score (nSPS) is 10.5. The molecule has 0 fully saturated rings. The Balaban J connectivity index is 2.71. The minimum absolute atomic E-state index is 0.622. The topological polar surface area (TPSA) is 26.0 Å². The van der Waals surface area contributed by atoms with Gasteiger partial charge in [0.2, 0.25) is 0 Å². The fraction of sp³-hybridized carbons (Fsp3) is 0.333. The molecule has 0 aliphatic rings. The largest absolute Gasteiger partial charge is 0.399 e. The second-order valence-corrected chi connectivity index (χ2v) is 4.39. The second-order valence-electron chi connectivity index (χ2n) is 2.74. The third-order valence-corrected chi connectivity index (χ3v) is 2.23. The summed E-state index contributed by atoms with van der Waals surface area (Å²) in [6.07, 6.45) is 0. The van der Waals surface area contributed by atoms with Crippen molar-refractivity contribution in [2.45, 2.75) is 24.0 Å². The minimum Gasteiger partial charge on any atom is -0.399 e. The van der Waals surface area contributed by atoms with Crippen LogP contribution in [0.15, 0.2) is 29.2 Å². The van der Waals surface area contributed by atoms with Gasteiger partial charge < -0.3 is 5.73 Å². The first-order valence-electron chi connectivity index (χ1n) is 3.70. The fourth-order valence-electron chi connectivity index (χ4n) is 0.860. The molecule has 0 bridgehead atoms. The van der Waals surface area contributed by atoms with Crippen molar-refractivity contribution in [1.29, 1.82) is 0 Å². The molecule has 0 aliphatic carbocycles. The van der Waals surface area contributed by atoms with Crippen LogP contribution in [-0.4, -0.2) is 5.25 Å². The molecule has 0 unspecified atom stereocenters. The van der Waals surface area contributed by atoms with Crippen LogP contribution >= 0.6 is 11.8 Å². The Hall–Kier alpha value is -0.630. The molecular weight excluding hydrogens is 154 g/mol. The van der Waals surface area contributed by atoms with Gasteiger partial charge in [-0.25, -0.2) is 0 Å². The molecule has 0 saturated carbocycles. The van der Waals surface area contributed by atoms with Gasteiger partial charge in [-0.15, -0.1) is 11.8 Å². The lowest BCUT2D eigenvalue weighted by Crippen LogP contribution is -1.87. The minimum atomic E-state index is 0.622. The van der Waals surface area contributed by atoms with Gasteiger partial charge in [0.25, 0.3) is 0 Å². The van der Waals surface area contributed by atoms with E-state index in [1.54, 1.807) is 0 Å². The van der Waals surface area contributed by atoms with Crippen LogP contribution in [0.2, 0.25) is 0 Å². The van der Waals surface area contributed by atoms with Crippen LogP contribution in [0.4, 0.5) is 5.69 Å². The quantitative estimate of drug-likeness (QED) is 0.541. The Bertz CT molecular complexity index is 233. The lowest BCUT2D eigenvalue weighted by atomic mass is 10.3. The average Bonchev–Trinajstić information content (AvgIpc) is 1.85. The van der Waals surface area contributed by atoms with E-state index in [0.717, 1.165) is 5.69 Å². The van der Waals surface area contributed by atoms with Crippen LogP contribution in [0, 0.1) is 0 Å². The van der Waals surface area contributed by atoms with Gasteiger partial charge in [-0.3, -0.25) is 0 Å². The maximum Gasteiger partial charge on any atom is 0.0325 e. The summed E-state index contributed by atoms with van der Waals surface area (Å²) < 4.78 is 0. The molecular formula is C9H13NS. The van der Waals surface area contributed by atoms with E-state index in [4.69, 9.17) is 5.73 Å². The second kappa shape index (κ2) is 3.67.